The number of hydrogen-bond donors (Lipinski definition) is 1. The van der Waals surface area contributed by atoms with Gasteiger partial charge in [-0.15, -0.1) is 5.10 Å². The van der Waals surface area contributed by atoms with Crippen LogP contribution in [0.4, 0.5) is 0 Å². The van der Waals surface area contributed by atoms with E-state index in [0.717, 1.165) is 21.1 Å². The van der Waals surface area contributed by atoms with Gasteiger partial charge in [0.1, 0.15) is 12.1 Å². The minimum absolute atomic E-state index is 0.404. The van der Waals surface area contributed by atoms with E-state index in [4.69, 9.17) is 12.2 Å². The van der Waals surface area contributed by atoms with Crippen LogP contribution in [0, 0.1) is 4.77 Å². The van der Waals surface area contributed by atoms with Gasteiger partial charge in [0.2, 0.25) is 4.77 Å². The van der Waals surface area contributed by atoms with Gasteiger partial charge in [-0.05, 0) is 30.4 Å². The van der Waals surface area contributed by atoms with Crippen LogP contribution < -0.4 is 0 Å². The van der Waals surface area contributed by atoms with Crippen LogP contribution in [0.5, 0.6) is 0 Å². The predicted molar refractivity (Wildman–Crippen MR) is 101 cm³/mol. The molecule has 0 aliphatic rings. The highest BCUT2D eigenvalue weighted by atomic mass is 79.9. The quantitative estimate of drug-likeness (QED) is 0.410. The minimum Gasteiger partial charge on any atom is -0.250 e. The lowest BCUT2D eigenvalue weighted by Gasteiger charge is -2.02. The Morgan fingerprint density at radius 2 is 1.96 bits per heavy atom. The summed E-state index contributed by atoms with van der Waals surface area (Å²) in [5.41, 5.74) is 2.71. The summed E-state index contributed by atoms with van der Waals surface area (Å²) < 4.78 is 4.73. The topological polar surface area (TPSA) is 76.7 Å². The van der Waals surface area contributed by atoms with E-state index in [2.05, 4.69) is 41.5 Å². The lowest BCUT2D eigenvalue weighted by atomic mass is 10.2. The molecule has 0 radical (unpaired) electrons. The fourth-order valence-electron chi connectivity index (χ4n) is 2.41. The average molecular weight is 414 g/mol. The van der Waals surface area contributed by atoms with Crippen LogP contribution in [0.15, 0.2) is 58.1 Å². The van der Waals surface area contributed by atoms with Gasteiger partial charge in [-0.2, -0.15) is 14.9 Å². The van der Waals surface area contributed by atoms with E-state index in [1.165, 1.54) is 0 Å². The van der Waals surface area contributed by atoms with Gasteiger partial charge < -0.3 is 0 Å². The van der Waals surface area contributed by atoms with Crippen molar-refractivity contribution in [2.45, 2.75) is 6.54 Å². The first-order valence-electron chi connectivity index (χ1n) is 7.46. The highest BCUT2D eigenvalue weighted by Gasteiger charge is 2.10. The van der Waals surface area contributed by atoms with Gasteiger partial charge in [0, 0.05) is 10.0 Å². The first-order valence-corrected chi connectivity index (χ1v) is 8.66. The third-order valence-corrected chi connectivity index (χ3v) is 4.63. The van der Waals surface area contributed by atoms with Crippen molar-refractivity contribution in [3.63, 3.8) is 0 Å². The Kier molecular flexibility index (Phi) is 4.24. The zero-order valence-electron chi connectivity index (χ0n) is 12.9. The molecule has 7 nitrogen and oxygen atoms in total. The van der Waals surface area contributed by atoms with Crippen LogP contribution in [0.1, 0.15) is 11.4 Å². The summed E-state index contributed by atoms with van der Waals surface area (Å²) in [4.78, 5) is 0. The van der Waals surface area contributed by atoms with Gasteiger partial charge in [-0.25, -0.2) is 4.68 Å². The molecule has 0 saturated heterocycles. The number of hydrogen-bond acceptors (Lipinski definition) is 5. The highest BCUT2D eigenvalue weighted by molar-refractivity contribution is 9.10. The van der Waals surface area contributed by atoms with Crippen molar-refractivity contribution in [1.82, 2.24) is 29.9 Å². The minimum atomic E-state index is 0.404. The van der Waals surface area contributed by atoms with Crippen LogP contribution in [-0.2, 0) is 6.54 Å². The van der Waals surface area contributed by atoms with E-state index >= 15 is 0 Å². The monoisotopic (exact) mass is 413 g/mol. The normalized spacial score (nSPS) is 11.6. The standard InChI is InChI=1S/C16H12BrN7S/c17-12-6-2-1-5-11(12)9-18-24-15(20-21-16(24)25)10-23-14-8-4-3-7-13(14)19-22-23/h1-9H,10H2,(H,21,25)/b18-9-. The summed E-state index contributed by atoms with van der Waals surface area (Å²) >= 11 is 8.79. The number of H-pyrrole nitrogens is 1. The number of rotatable bonds is 4. The molecule has 4 aromatic rings. The Bertz CT molecular complexity index is 1120. The second-order valence-electron chi connectivity index (χ2n) is 5.26. The SMILES string of the molecule is S=c1[nH]nc(Cn2nnc3ccccc32)n1/N=C\c1ccccc1Br. The van der Waals surface area contributed by atoms with Crippen molar-refractivity contribution >= 4 is 45.4 Å². The molecular formula is C16H12BrN7S. The maximum Gasteiger partial charge on any atom is 0.216 e. The first-order chi connectivity index (χ1) is 12.2. The van der Waals surface area contributed by atoms with Gasteiger partial charge in [-0.3, -0.25) is 5.10 Å². The van der Waals surface area contributed by atoms with Crippen LogP contribution >= 0.6 is 28.1 Å². The Hall–Kier alpha value is -2.65. The third-order valence-electron chi connectivity index (χ3n) is 3.65. The fraction of sp³-hybridized carbons (Fsp3) is 0.0625. The Balaban J connectivity index is 1.68. The maximum atomic E-state index is 5.29. The number of nitrogens with one attached hydrogen (secondary N) is 1. The van der Waals surface area contributed by atoms with E-state index in [-0.39, 0.29) is 0 Å². The number of aromatic amines is 1. The molecule has 25 heavy (non-hydrogen) atoms. The summed E-state index contributed by atoms with van der Waals surface area (Å²) in [5.74, 6) is 0.643. The van der Waals surface area contributed by atoms with E-state index in [0.29, 0.717) is 17.1 Å². The molecule has 9 heteroatoms. The molecule has 124 valence electrons. The number of fused-ring (bicyclic) bond motifs is 1. The zero-order valence-corrected chi connectivity index (χ0v) is 15.3. The summed E-state index contributed by atoms with van der Waals surface area (Å²) in [6.07, 6.45) is 1.73. The molecule has 0 aliphatic carbocycles. The van der Waals surface area contributed by atoms with E-state index < -0.39 is 0 Å². The first kappa shape index (κ1) is 15.9. The van der Waals surface area contributed by atoms with Crippen LogP contribution in [-0.4, -0.2) is 36.1 Å². The molecule has 4 rings (SSSR count). The molecule has 0 unspecified atom stereocenters. The number of halogens is 1. The molecule has 0 fully saturated rings. The van der Waals surface area contributed by atoms with E-state index in [1.54, 1.807) is 15.6 Å². The van der Waals surface area contributed by atoms with Gasteiger partial charge in [0.15, 0.2) is 5.82 Å². The molecule has 0 aliphatic heterocycles. The van der Waals surface area contributed by atoms with Crippen molar-refractivity contribution in [1.29, 1.82) is 0 Å². The van der Waals surface area contributed by atoms with E-state index in [1.807, 2.05) is 48.5 Å². The molecule has 0 amide bonds. The molecule has 0 spiro atoms. The predicted octanol–water partition coefficient (Wildman–Crippen LogP) is 3.38. The van der Waals surface area contributed by atoms with Gasteiger partial charge in [0.05, 0.1) is 11.7 Å². The number of aromatic nitrogens is 6. The number of nitrogens with zero attached hydrogens (tertiary/aromatic N) is 6. The van der Waals surface area contributed by atoms with Crippen LogP contribution in [0.3, 0.4) is 0 Å². The Labute approximate surface area is 156 Å². The second kappa shape index (κ2) is 6.69. The fourth-order valence-corrected chi connectivity index (χ4v) is 3.00. The summed E-state index contributed by atoms with van der Waals surface area (Å²) in [5, 5.41) is 19.8. The van der Waals surface area contributed by atoms with Crippen molar-refractivity contribution < 1.29 is 0 Å². The Morgan fingerprint density at radius 3 is 2.84 bits per heavy atom. The highest BCUT2D eigenvalue weighted by Crippen LogP contribution is 2.14. The molecule has 0 bridgehead atoms. The van der Waals surface area contributed by atoms with Gasteiger partial charge in [-0.1, -0.05) is 51.5 Å². The van der Waals surface area contributed by atoms with Crippen molar-refractivity contribution in [2.75, 3.05) is 0 Å². The van der Waals surface area contributed by atoms with Gasteiger partial charge in [0.25, 0.3) is 0 Å². The molecular weight excluding hydrogens is 402 g/mol. The smallest absolute Gasteiger partial charge is 0.216 e. The molecule has 2 aromatic heterocycles. The summed E-state index contributed by atoms with van der Waals surface area (Å²) in [6.45, 7) is 0.404. The van der Waals surface area contributed by atoms with Crippen LogP contribution in [0.25, 0.3) is 11.0 Å². The largest absolute Gasteiger partial charge is 0.250 e. The Morgan fingerprint density at radius 1 is 1.16 bits per heavy atom. The summed E-state index contributed by atoms with van der Waals surface area (Å²) in [6, 6.07) is 15.6. The molecule has 0 atom stereocenters. The molecule has 0 saturated carbocycles. The molecule has 2 aromatic carbocycles. The van der Waals surface area contributed by atoms with Crippen molar-refractivity contribution in [2.24, 2.45) is 5.10 Å². The maximum absolute atomic E-state index is 5.29. The van der Waals surface area contributed by atoms with Crippen LogP contribution in [0.2, 0.25) is 0 Å². The number of para-hydroxylation sites is 1. The average Bonchev–Trinajstić information content (AvgIpc) is 3.19. The number of benzene rings is 2. The van der Waals surface area contributed by atoms with Crippen molar-refractivity contribution in [3.8, 4) is 0 Å². The third kappa shape index (κ3) is 3.15. The van der Waals surface area contributed by atoms with Crippen molar-refractivity contribution in [3.05, 3.63) is 69.2 Å². The second-order valence-corrected chi connectivity index (χ2v) is 6.50. The summed E-state index contributed by atoms with van der Waals surface area (Å²) in [7, 11) is 0. The van der Waals surface area contributed by atoms with Gasteiger partial charge >= 0.3 is 0 Å². The molecule has 2 heterocycles. The zero-order chi connectivity index (χ0) is 17.2. The van der Waals surface area contributed by atoms with E-state index in [9.17, 15) is 0 Å². The lowest BCUT2D eigenvalue weighted by molar-refractivity contribution is 0.617. The molecule has 1 N–H and O–H groups in total. The lowest BCUT2D eigenvalue weighted by Crippen LogP contribution is -2.08.